The summed E-state index contributed by atoms with van der Waals surface area (Å²) in [4.78, 5) is 25.7. The van der Waals surface area contributed by atoms with Gasteiger partial charge in [-0.25, -0.2) is 13.6 Å². The van der Waals surface area contributed by atoms with Gasteiger partial charge in [-0.15, -0.1) is 11.3 Å². The quantitative estimate of drug-likeness (QED) is 0.816. The SMILES string of the molecule is C=Cc1sc2c(c1C)c(=O)n(CC(F)F)c(=O)n2CCCF. The summed E-state index contributed by atoms with van der Waals surface area (Å²) in [6, 6.07) is 0. The molecule has 0 spiro atoms. The zero-order valence-electron chi connectivity index (χ0n) is 11.9. The van der Waals surface area contributed by atoms with Gasteiger partial charge in [0, 0.05) is 11.4 Å². The van der Waals surface area contributed by atoms with Crippen molar-refractivity contribution in [3.8, 4) is 0 Å². The van der Waals surface area contributed by atoms with Crippen molar-refractivity contribution in [2.24, 2.45) is 0 Å². The van der Waals surface area contributed by atoms with E-state index in [9.17, 15) is 22.8 Å². The summed E-state index contributed by atoms with van der Waals surface area (Å²) >= 11 is 1.18. The molecule has 0 aliphatic heterocycles. The second-order valence-electron chi connectivity index (χ2n) is 4.76. The van der Waals surface area contributed by atoms with Gasteiger partial charge < -0.3 is 0 Å². The van der Waals surface area contributed by atoms with Crippen molar-refractivity contribution in [1.82, 2.24) is 9.13 Å². The highest BCUT2D eigenvalue weighted by atomic mass is 32.1. The maximum atomic E-state index is 12.7. The van der Waals surface area contributed by atoms with E-state index in [0.717, 1.165) is 0 Å². The van der Waals surface area contributed by atoms with Gasteiger partial charge in [-0.05, 0) is 18.9 Å². The molecule has 2 rings (SSSR count). The summed E-state index contributed by atoms with van der Waals surface area (Å²) in [5.74, 6) is 0. The van der Waals surface area contributed by atoms with Crippen LogP contribution in [0, 0.1) is 6.92 Å². The smallest absolute Gasteiger partial charge is 0.284 e. The molecule has 0 amide bonds. The van der Waals surface area contributed by atoms with Crippen LogP contribution in [0.15, 0.2) is 16.2 Å². The third-order valence-electron chi connectivity index (χ3n) is 3.35. The third kappa shape index (κ3) is 2.75. The van der Waals surface area contributed by atoms with Crippen LogP contribution in [0.1, 0.15) is 16.9 Å². The molecule has 0 fully saturated rings. The molecule has 0 N–H and O–H groups in total. The topological polar surface area (TPSA) is 44.0 Å². The number of nitrogens with zero attached hydrogens (tertiary/aromatic N) is 2. The molecule has 0 bridgehead atoms. The number of alkyl halides is 3. The van der Waals surface area contributed by atoms with E-state index in [2.05, 4.69) is 6.58 Å². The standard InChI is InChI=1S/C14H15F3N2O2S/c1-3-9-8(2)11-12(20)19(7-10(16)17)14(21)18(6-4-5-15)13(11)22-9/h3,10H,1,4-7H2,2H3. The van der Waals surface area contributed by atoms with Gasteiger partial charge in [0.1, 0.15) is 4.83 Å². The van der Waals surface area contributed by atoms with Crippen LogP contribution >= 0.6 is 11.3 Å². The maximum Gasteiger partial charge on any atom is 0.332 e. The molecule has 0 atom stereocenters. The predicted molar refractivity (Wildman–Crippen MR) is 81.8 cm³/mol. The fourth-order valence-electron chi connectivity index (χ4n) is 2.32. The van der Waals surface area contributed by atoms with E-state index in [0.29, 0.717) is 19.8 Å². The Labute approximate surface area is 128 Å². The fourth-order valence-corrected chi connectivity index (χ4v) is 3.49. The minimum absolute atomic E-state index is 0.0336. The van der Waals surface area contributed by atoms with Crippen molar-refractivity contribution in [3.05, 3.63) is 37.9 Å². The second kappa shape index (κ2) is 6.51. The Morgan fingerprint density at radius 2 is 2.00 bits per heavy atom. The molecule has 4 nitrogen and oxygen atoms in total. The summed E-state index contributed by atoms with van der Waals surface area (Å²) in [5.41, 5.74) is -0.973. The first-order chi connectivity index (χ1) is 10.4. The maximum absolute atomic E-state index is 12.7. The zero-order valence-corrected chi connectivity index (χ0v) is 12.8. The van der Waals surface area contributed by atoms with Crippen LogP contribution in [0.4, 0.5) is 13.2 Å². The largest absolute Gasteiger partial charge is 0.332 e. The van der Waals surface area contributed by atoms with Crippen LogP contribution in [0.25, 0.3) is 16.3 Å². The van der Waals surface area contributed by atoms with Gasteiger partial charge in [0.25, 0.3) is 12.0 Å². The molecule has 0 radical (unpaired) electrons. The van der Waals surface area contributed by atoms with Gasteiger partial charge in [-0.3, -0.25) is 18.3 Å². The van der Waals surface area contributed by atoms with Crippen molar-refractivity contribution < 1.29 is 13.2 Å². The highest BCUT2D eigenvalue weighted by Crippen LogP contribution is 2.28. The summed E-state index contributed by atoms with van der Waals surface area (Å²) < 4.78 is 39.5. The Bertz CT molecular complexity index is 820. The van der Waals surface area contributed by atoms with E-state index in [4.69, 9.17) is 0 Å². The monoisotopic (exact) mass is 332 g/mol. The van der Waals surface area contributed by atoms with Crippen LogP contribution in [-0.2, 0) is 13.1 Å². The van der Waals surface area contributed by atoms with Gasteiger partial charge in [0.15, 0.2) is 0 Å². The Hall–Kier alpha value is -1.83. The minimum Gasteiger partial charge on any atom is -0.284 e. The predicted octanol–water partition coefficient (Wildman–Crippen LogP) is 2.80. The molecule has 2 aromatic heterocycles. The van der Waals surface area contributed by atoms with Crippen molar-refractivity contribution in [3.63, 3.8) is 0 Å². The number of thiophene rings is 1. The average Bonchev–Trinajstić information content (AvgIpc) is 2.80. The summed E-state index contributed by atoms with van der Waals surface area (Å²) in [6.07, 6.45) is -1.21. The first kappa shape index (κ1) is 16.5. The van der Waals surface area contributed by atoms with Crippen molar-refractivity contribution in [1.29, 1.82) is 0 Å². The Morgan fingerprint density at radius 1 is 1.32 bits per heavy atom. The summed E-state index contributed by atoms with van der Waals surface area (Å²) in [7, 11) is 0. The van der Waals surface area contributed by atoms with Crippen LogP contribution < -0.4 is 11.2 Å². The summed E-state index contributed by atoms with van der Waals surface area (Å²) in [5, 5.41) is 0.221. The van der Waals surface area contributed by atoms with Crippen LogP contribution in [0.2, 0.25) is 0 Å². The first-order valence-electron chi connectivity index (χ1n) is 6.65. The lowest BCUT2D eigenvalue weighted by molar-refractivity contribution is 0.123. The fraction of sp³-hybridized carbons (Fsp3) is 0.429. The molecule has 2 heterocycles. The van der Waals surface area contributed by atoms with E-state index in [1.54, 1.807) is 13.0 Å². The number of aryl methyl sites for hydroxylation is 2. The first-order valence-corrected chi connectivity index (χ1v) is 7.47. The molecule has 2 aromatic rings. The molecule has 8 heteroatoms. The highest BCUT2D eigenvalue weighted by Gasteiger charge is 2.20. The lowest BCUT2D eigenvalue weighted by atomic mass is 10.2. The number of aromatic nitrogens is 2. The Kier molecular flexibility index (Phi) is 4.90. The molecule has 0 saturated carbocycles. The number of hydrogen-bond donors (Lipinski definition) is 0. The molecule has 0 unspecified atom stereocenters. The molecule has 0 aliphatic carbocycles. The third-order valence-corrected chi connectivity index (χ3v) is 4.66. The van der Waals surface area contributed by atoms with Crippen LogP contribution in [-0.4, -0.2) is 22.2 Å². The lowest BCUT2D eigenvalue weighted by Crippen LogP contribution is -2.41. The van der Waals surface area contributed by atoms with Gasteiger partial charge >= 0.3 is 5.69 Å². The molecular formula is C14H15F3N2O2S. The number of hydrogen-bond acceptors (Lipinski definition) is 3. The lowest BCUT2D eigenvalue weighted by Gasteiger charge is -2.11. The highest BCUT2D eigenvalue weighted by molar-refractivity contribution is 7.19. The van der Waals surface area contributed by atoms with Gasteiger partial charge in [0.05, 0.1) is 18.6 Å². The average molecular weight is 332 g/mol. The van der Waals surface area contributed by atoms with E-state index in [1.807, 2.05) is 0 Å². The number of fused-ring (bicyclic) bond motifs is 1. The molecule has 0 aliphatic rings. The molecule has 120 valence electrons. The van der Waals surface area contributed by atoms with Crippen molar-refractivity contribution in [2.45, 2.75) is 32.9 Å². The summed E-state index contributed by atoms with van der Waals surface area (Å²) in [6.45, 7) is 3.74. The van der Waals surface area contributed by atoms with Crippen LogP contribution in [0.5, 0.6) is 0 Å². The van der Waals surface area contributed by atoms with Crippen molar-refractivity contribution >= 4 is 27.6 Å². The number of rotatable bonds is 6. The number of halogens is 3. The van der Waals surface area contributed by atoms with Gasteiger partial charge in [-0.1, -0.05) is 12.7 Å². The molecule has 22 heavy (non-hydrogen) atoms. The normalized spacial score (nSPS) is 11.5. The van der Waals surface area contributed by atoms with Gasteiger partial charge in [-0.2, -0.15) is 0 Å². The Morgan fingerprint density at radius 3 is 2.55 bits per heavy atom. The molecule has 0 aromatic carbocycles. The van der Waals surface area contributed by atoms with E-state index >= 15 is 0 Å². The minimum atomic E-state index is -2.82. The van der Waals surface area contributed by atoms with Crippen molar-refractivity contribution in [2.75, 3.05) is 6.67 Å². The molecular weight excluding hydrogens is 317 g/mol. The van der Waals surface area contributed by atoms with Crippen LogP contribution in [0.3, 0.4) is 0 Å². The zero-order chi connectivity index (χ0) is 16.4. The Balaban J connectivity index is 2.86. The van der Waals surface area contributed by atoms with E-state index in [-0.39, 0.29) is 18.4 Å². The second-order valence-corrected chi connectivity index (χ2v) is 5.79. The molecule has 0 saturated heterocycles. The van der Waals surface area contributed by atoms with E-state index < -0.39 is 30.9 Å². The van der Waals surface area contributed by atoms with Gasteiger partial charge in [0.2, 0.25) is 0 Å². The van der Waals surface area contributed by atoms with E-state index in [1.165, 1.54) is 15.9 Å².